The van der Waals surface area contributed by atoms with E-state index in [-0.39, 0.29) is 25.7 Å². The van der Waals surface area contributed by atoms with Gasteiger partial charge in [0, 0.05) is 25.7 Å². The lowest BCUT2D eigenvalue weighted by molar-refractivity contribution is -0.161. The topological polar surface area (TPSA) is 237 Å². The van der Waals surface area contributed by atoms with Crippen LogP contribution < -0.4 is 0 Å². The van der Waals surface area contributed by atoms with Gasteiger partial charge in [-0.1, -0.05) is 440 Å². The zero-order valence-electron chi connectivity index (χ0n) is 73.4. The van der Waals surface area contributed by atoms with Gasteiger partial charge < -0.3 is 33.8 Å². The number of esters is 4. The highest BCUT2D eigenvalue weighted by Crippen LogP contribution is 2.45. The summed E-state index contributed by atoms with van der Waals surface area (Å²) in [6.07, 6.45) is 75.1. The molecule has 0 aliphatic heterocycles. The Morgan fingerprint density at radius 3 is 0.613 bits per heavy atom. The molecule has 0 aromatic carbocycles. The zero-order chi connectivity index (χ0) is 81.5. The molecule has 660 valence electrons. The minimum atomic E-state index is -4.97. The normalized spacial score (nSPS) is 13.8. The number of aliphatic hydroxyl groups excluding tert-OH is 1. The van der Waals surface area contributed by atoms with Gasteiger partial charge in [-0.05, 0) is 43.4 Å². The first-order chi connectivity index (χ1) is 53.7. The number of carbonyl (C=O) groups excluding carboxylic acids is 4. The summed E-state index contributed by atoms with van der Waals surface area (Å²) < 4.78 is 69.1. The predicted molar refractivity (Wildman–Crippen MR) is 460 cm³/mol. The summed E-state index contributed by atoms with van der Waals surface area (Å²) in [6.45, 7) is 12.1. The van der Waals surface area contributed by atoms with Gasteiger partial charge in [0.25, 0.3) is 0 Å². The van der Waals surface area contributed by atoms with E-state index in [2.05, 4.69) is 48.5 Å². The van der Waals surface area contributed by atoms with Crippen LogP contribution in [0.5, 0.6) is 0 Å². The summed E-state index contributed by atoms with van der Waals surface area (Å²) in [7, 11) is -9.94. The molecule has 0 radical (unpaired) electrons. The van der Waals surface area contributed by atoms with Crippen molar-refractivity contribution in [2.75, 3.05) is 39.6 Å². The minimum Gasteiger partial charge on any atom is -0.462 e. The molecule has 0 saturated heterocycles. The molecule has 0 aromatic rings. The van der Waals surface area contributed by atoms with Gasteiger partial charge in [-0.25, -0.2) is 9.13 Å². The van der Waals surface area contributed by atoms with Gasteiger partial charge in [-0.2, -0.15) is 0 Å². The average Bonchev–Trinajstić information content (AvgIpc) is 0.889. The van der Waals surface area contributed by atoms with Gasteiger partial charge in [0.1, 0.15) is 19.3 Å². The molecule has 3 N–H and O–H groups in total. The van der Waals surface area contributed by atoms with Crippen LogP contribution in [0.15, 0.2) is 0 Å². The van der Waals surface area contributed by atoms with Crippen LogP contribution in [0.25, 0.3) is 0 Å². The molecule has 0 saturated carbocycles. The molecule has 0 spiro atoms. The Balaban J connectivity index is 5.25. The summed E-state index contributed by atoms with van der Waals surface area (Å²) >= 11 is 0. The highest BCUT2D eigenvalue weighted by molar-refractivity contribution is 7.47. The third-order valence-corrected chi connectivity index (χ3v) is 23.5. The lowest BCUT2D eigenvalue weighted by atomic mass is 10.0. The van der Waals surface area contributed by atoms with E-state index in [4.69, 9.17) is 37.0 Å². The minimum absolute atomic E-state index is 0.108. The molecule has 2 unspecified atom stereocenters. The van der Waals surface area contributed by atoms with E-state index in [0.29, 0.717) is 25.7 Å². The molecule has 0 heterocycles. The van der Waals surface area contributed by atoms with E-state index in [9.17, 15) is 43.2 Å². The van der Waals surface area contributed by atoms with Crippen molar-refractivity contribution in [3.8, 4) is 0 Å². The average molecular weight is 1620 g/mol. The maximum Gasteiger partial charge on any atom is 0.472 e. The Hall–Kier alpha value is -1.94. The van der Waals surface area contributed by atoms with E-state index in [1.54, 1.807) is 0 Å². The van der Waals surface area contributed by atoms with Gasteiger partial charge in [0.05, 0.1) is 26.4 Å². The molecule has 0 aliphatic rings. The second kappa shape index (κ2) is 81.8. The summed E-state index contributed by atoms with van der Waals surface area (Å²) in [5, 5.41) is 10.7. The second-order valence-corrected chi connectivity index (χ2v) is 37.4. The maximum atomic E-state index is 13.2. The van der Waals surface area contributed by atoms with Crippen molar-refractivity contribution < 1.29 is 80.2 Å². The van der Waals surface area contributed by atoms with Crippen molar-refractivity contribution in [2.24, 2.45) is 17.8 Å². The van der Waals surface area contributed by atoms with E-state index in [0.717, 1.165) is 108 Å². The fourth-order valence-electron chi connectivity index (χ4n) is 14.4. The first-order valence-electron chi connectivity index (χ1n) is 47.3. The van der Waals surface area contributed by atoms with Crippen molar-refractivity contribution in [1.29, 1.82) is 0 Å². The standard InChI is InChI=1S/C92H180O17P2/c1-8-9-10-11-12-13-14-15-16-17-18-19-20-21-22-29-34-39-46-54-61-68-75-91(96)108-87(79-102-89(94)73-66-59-52-45-38-33-28-24-23-26-31-36-42-49-56-63-70-83(2)3)81-106-110(98,99)104-77-86(93)78-105-111(100,101)107-82-88(80-103-90(95)74-67-60-53-48-41-44-51-58-65-72-85(6)7)109-92(97)76-69-62-55-47-40-35-30-25-27-32-37-43-50-57-64-71-84(4)5/h83-88,93H,8-82H2,1-7H3,(H,98,99)(H,100,101)/t86-,87-,88-/m1/s1. The molecule has 0 aromatic heterocycles. The maximum absolute atomic E-state index is 13.2. The fraction of sp³-hybridized carbons (Fsp3) is 0.957. The highest BCUT2D eigenvalue weighted by atomic mass is 31.2. The molecule has 0 amide bonds. The first kappa shape index (κ1) is 109. The van der Waals surface area contributed by atoms with Crippen LogP contribution in [0.2, 0.25) is 0 Å². The van der Waals surface area contributed by atoms with Crippen molar-refractivity contribution >= 4 is 39.5 Å². The molecule has 17 nitrogen and oxygen atoms in total. The predicted octanol–water partition coefficient (Wildman–Crippen LogP) is 28.4. The van der Waals surface area contributed by atoms with E-state index >= 15 is 0 Å². The van der Waals surface area contributed by atoms with Crippen LogP contribution in [-0.4, -0.2) is 96.7 Å². The highest BCUT2D eigenvalue weighted by Gasteiger charge is 2.31. The van der Waals surface area contributed by atoms with Gasteiger partial charge in [-0.15, -0.1) is 0 Å². The van der Waals surface area contributed by atoms with Crippen molar-refractivity contribution in [1.82, 2.24) is 0 Å². The van der Waals surface area contributed by atoms with E-state index in [1.807, 2.05) is 0 Å². The Labute approximate surface area is 683 Å². The molecule has 111 heavy (non-hydrogen) atoms. The summed E-state index contributed by atoms with van der Waals surface area (Å²) in [5.41, 5.74) is 0. The Bertz CT molecular complexity index is 2130. The van der Waals surface area contributed by atoms with Crippen molar-refractivity contribution in [3.05, 3.63) is 0 Å². The summed E-state index contributed by atoms with van der Waals surface area (Å²) in [6, 6.07) is 0. The summed E-state index contributed by atoms with van der Waals surface area (Å²) in [5.74, 6) is 0.261. The van der Waals surface area contributed by atoms with Crippen LogP contribution in [0, 0.1) is 17.8 Å². The van der Waals surface area contributed by atoms with E-state index in [1.165, 1.54) is 302 Å². The van der Waals surface area contributed by atoms with Gasteiger partial charge in [0.2, 0.25) is 0 Å². The first-order valence-corrected chi connectivity index (χ1v) is 50.3. The number of hydrogen-bond acceptors (Lipinski definition) is 15. The van der Waals surface area contributed by atoms with Crippen molar-refractivity contribution in [3.63, 3.8) is 0 Å². The fourth-order valence-corrected chi connectivity index (χ4v) is 16.0. The number of phosphoric acid groups is 2. The molecule has 0 rings (SSSR count). The number of carbonyl (C=O) groups is 4. The lowest BCUT2D eigenvalue weighted by Crippen LogP contribution is -2.30. The second-order valence-electron chi connectivity index (χ2n) is 34.5. The summed E-state index contributed by atoms with van der Waals surface area (Å²) in [4.78, 5) is 73.5. The molecule has 0 aliphatic carbocycles. The van der Waals surface area contributed by atoms with Gasteiger partial charge >= 0.3 is 39.5 Å². The molecule has 5 atom stereocenters. The Morgan fingerprint density at radius 1 is 0.243 bits per heavy atom. The van der Waals surface area contributed by atoms with Gasteiger partial charge in [-0.3, -0.25) is 37.3 Å². The number of unbranched alkanes of at least 4 members (excludes halogenated alkanes) is 58. The number of aliphatic hydroxyl groups is 1. The Morgan fingerprint density at radius 2 is 0.414 bits per heavy atom. The molecular formula is C92H180O17P2. The SMILES string of the molecule is CCCCCCCCCCCCCCCCCCCCCCCCC(=O)O[C@H](COC(=O)CCCCCCCCCCCCCCCCCCC(C)C)COP(=O)(O)OC[C@@H](O)COP(=O)(O)OC[C@@H](COC(=O)CCCCCCCCCCCC(C)C)OC(=O)CCCCCCCCCCCCCCCCCC(C)C. The van der Waals surface area contributed by atoms with Crippen LogP contribution in [-0.2, 0) is 65.4 Å². The third-order valence-electron chi connectivity index (χ3n) is 21.6. The number of hydrogen-bond donors (Lipinski definition) is 3. The number of phosphoric ester groups is 2. The van der Waals surface area contributed by atoms with E-state index < -0.39 is 97.5 Å². The van der Waals surface area contributed by atoms with Crippen LogP contribution in [0.3, 0.4) is 0 Å². The number of ether oxygens (including phenoxy) is 4. The monoisotopic (exact) mass is 1620 g/mol. The molecule has 19 heteroatoms. The molecule has 0 fully saturated rings. The van der Waals surface area contributed by atoms with Crippen LogP contribution in [0.4, 0.5) is 0 Å². The van der Waals surface area contributed by atoms with Crippen LogP contribution in [0.1, 0.15) is 492 Å². The molecular weight excluding hydrogens is 1440 g/mol. The zero-order valence-corrected chi connectivity index (χ0v) is 75.2. The number of rotatable bonds is 90. The third kappa shape index (κ3) is 85.8. The Kier molecular flexibility index (Phi) is 80.4. The largest absolute Gasteiger partial charge is 0.472 e. The quantitative estimate of drug-likeness (QED) is 0.0222. The van der Waals surface area contributed by atoms with Gasteiger partial charge in [0.15, 0.2) is 12.2 Å². The van der Waals surface area contributed by atoms with Crippen molar-refractivity contribution in [2.45, 2.75) is 510 Å². The smallest absolute Gasteiger partial charge is 0.462 e. The molecule has 0 bridgehead atoms. The lowest BCUT2D eigenvalue weighted by Gasteiger charge is -2.21. The van der Waals surface area contributed by atoms with Crippen LogP contribution >= 0.6 is 15.6 Å².